The Labute approximate surface area is 224 Å². The van der Waals surface area contributed by atoms with Crippen LogP contribution >= 0.6 is 0 Å². The minimum absolute atomic E-state index is 0.177. The minimum Gasteiger partial charge on any atom is -0.494 e. The SMILES string of the molecule is CCCCCCCCCNN(CCCCCCCCC)c1cc(O)n(CCCCCCCCC)c1O. The molecule has 0 spiro atoms. The van der Waals surface area contributed by atoms with Crippen LogP contribution in [0.5, 0.6) is 11.8 Å². The first-order chi connectivity index (χ1) is 17.7. The van der Waals surface area contributed by atoms with E-state index in [4.69, 9.17) is 0 Å². The number of rotatable bonds is 26. The molecule has 1 aromatic heterocycles. The third kappa shape index (κ3) is 15.0. The van der Waals surface area contributed by atoms with Gasteiger partial charge in [0.2, 0.25) is 5.88 Å². The predicted octanol–water partition coefficient (Wildman–Crippen LogP) is 9.46. The molecule has 0 radical (unpaired) electrons. The number of hydrogen-bond acceptors (Lipinski definition) is 4. The first-order valence-corrected chi connectivity index (χ1v) is 15.8. The van der Waals surface area contributed by atoms with Crippen molar-refractivity contribution < 1.29 is 10.2 Å². The molecule has 212 valence electrons. The Morgan fingerprint density at radius 3 is 1.58 bits per heavy atom. The van der Waals surface area contributed by atoms with E-state index >= 15 is 0 Å². The zero-order valence-corrected chi connectivity index (χ0v) is 24.3. The Kier molecular flexibility index (Phi) is 20.7. The Bertz CT molecular complexity index is 617. The highest BCUT2D eigenvalue weighted by Gasteiger charge is 2.19. The highest BCUT2D eigenvalue weighted by Crippen LogP contribution is 2.35. The number of nitrogens with zero attached hydrogens (tertiary/aromatic N) is 2. The van der Waals surface area contributed by atoms with Gasteiger partial charge in [-0.2, -0.15) is 0 Å². The maximum absolute atomic E-state index is 11.0. The molecule has 0 amide bonds. The fourth-order valence-electron chi connectivity index (χ4n) is 4.97. The second-order valence-corrected chi connectivity index (χ2v) is 10.8. The van der Waals surface area contributed by atoms with Crippen LogP contribution in [0, 0.1) is 0 Å². The minimum atomic E-state index is 0.177. The summed E-state index contributed by atoms with van der Waals surface area (Å²) in [5.74, 6) is 0.379. The summed E-state index contributed by atoms with van der Waals surface area (Å²) in [7, 11) is 0. The van der Waals surface area contributed by atoms with Gasteiger partial charge in [0.25, 0.3) is 0 Å². The number of hydrazine groups is 1. The molecule has 0 aliphatic carbocycles. The van der Waals surface area contributed by atoms with E-state index in [-0.39, 0.29) is 11.8 Å². The molecule has 0 bridgehead atoms. The van der Waals surface area contributed by atoms with Crippen LogP contribution in [0.3, 0.4) is 0 Å². The third-order valence-electron chi connectivity index (χ3n) is 7.37. The molecule has 0 saturated heterocycles. The second-order valence-electron chi connectivity index (χ2n) is 10.8. The maximum atomic E-state index is 11.0. The van der Waals surface area contributed by atoms with Gasteiger partial charge in [-0.05, 0) is 19.3 Å². The smallest absolute Gasteiger partial charge is 0.219 e. The van der Waals surface area contributed by atoms with Crippen molar-refractivity contribution in [3.05, 3.63) is 6.07 Å². The number of aromatic nitrogens is 1. The highest BCUT2D eigenvalue weighted by molar-refractivity contribution is 5.58. The molecule has 1 aromatic rings. The van der Waals surface area contributed by atoms with Gasteiger partial charge in [0, 0.05) is 25.7 Å². The van der Waals surface area contributed by atoms with Gasteiger partial charge in [0.1, 0.15) is 5.69 Å². The molecule has 0 fully saturated rings. The third-order valence-corrected chi connectivity index (χ3v) is 7.37. The Balaban J connectivity index is 2.56. The van der Waals surface area contributed by atoms with Crippen LogP contribution in [0.25, 0.3) is 0 Å². The summed E-state index contributed by atoms with van der Waals surface area (Å²) in [6.45, 7) is 9.21. The van der Waals surface area contributed by atoms with Crippen molar-refractivity contribution >= 4 is 5.69 Å². The zero-order valence-electron chi connectivity index (χ0n) is 24.3. The van der Waals surface area contributed by atoms with Crippen molar-refractivity contribution in [1.82, 2.24) is 9.99 Å². The molecule has 1 heterocycles. The second kappa shape index (κ2) is 22.8. The van der Waals surface area contributed by atoms with E-state index in [1.807, 2.05) is 0 Å². The van der Waals surface area contributed by atoms with Crippen LogP contribution < -0.4 is 10.4 Å². The fraction of sp³-hybridized carbons (Fsp3) is 0.871. The van der Waals surface area contributed by atoms with Crippen molar-refractivity contribution in [2.75, 3.05) is 18.1 Å². The van der Waals surface area contributed by atoms with Gasteiger partial charge in [0.05, 0.1) is 0 Å². The summed E-state index contributed by atoms with van der Waals surface area (Å²) in [5.41, 5.74) is 4.30. The molecule has 0 aliphatic rings. The molecule has 0 saturated carbocycles. The Morgan fingerprint density at radius 1 is 0.611 bits per heavy atom. The van der Waals surface area contributed by atoms with E-state index < -0.39 is 0 Å². The van der Waals surface area contributed by atoms with Gasteiger partial charge in [-0.3, -0.25) is 4.57 Å². The van der Waals surface area contributed by atoms with Crippen molar-refractivity contribution in [2.45, 2.75) is 162 Å². The first-order valence-electron chi connectivity index (χ1n) is 15.8. The summed E-state index contributed by atoms with van der Waals surface area (Å²) < 4.78 is 1.69. The molecule has 5 heteroatoms. The number of nitrogens with one attached hydrogen (secondary N) is 1. The van der Waals surface area contributed by atoms with Crippen LogP contribution in [0.1, 0.15) is 156 Å². The van der Waals surface area contributed by atoms with Crippen molar-refractivity contribution in [2.24, 2.45) is 0 Å². The lowest BCUT2D eigenvalue weighted by Gasteiger charge is -2.25. The molecule has 36 heavy (non-hydrogen) atoms. The summed E-state index contributed by atoms with van der Waals surface area (Å²) in [6, 6.07) is 1.75. The molecule has 0 aromatic carbocycles. The zero-order chi connectivity index (χ0) is 26.3. The summed E-state index contributed by atoms with van der Waals surface area (Å²) in [6.07, 6.45) is 26.5. The maximum Gasteiger partial charge on any atom is 0.219 e. The molecule has 0 aliphatic heterocycles. The van der Waals surface area contributed by atoms with Crippen LogP contribution in [-0.2, 0) is 6.54 Å². The number of unbranched alkanes of at least 4 members (excludes halogenated alkanes) is 18. The predicted molar refractivity (Wildman–Crippen MR) is 157 cm³/mol. The van der Waals surface area contributed by atoms with Gasteiger partial charge in [0.15, 0.2) is 5.88 Å². The van der Waals surface area contributed by atoms with Crippen LogP contribution in [0.2, 0.25) is 0 Å². The fourth-order valence-corrected chi connectivity index (χ4v) is 4.97. The lowest BCUT2D eigenvalue weighted by molar-refractivity contribution is 0.361. The van der Waals surface area contributed by atoms with Gasteiger partial charge >= 0.3 is 0 Å². The molecule has 1 rings (SSSR count). The van der Waals surface area contributed by atoms with Gasteiger partial charge in [-0.25, -0.2) is 5.43 Å². The van der Waals surface area contributed by atoms with Crippen LogP contribution in [-0.4, -0.2) is 27.9 Å². The van der Waals surface area contributed by atoms with E-state index in [9.17, 15) is 10.2 Å². The van der Waals surface area contributed by atoms with E-state index in [0.717, 1.165) is 44.5 Å². The lowest BCUT2D eigenvalue weighted by atomic mass is 10.1. The highest BCUT2D eigenvalue weighted by atomic mass is 16.3. The van der Waals surface area contributed by atoms with E-state index in [0.29, 0.717) is 6.54 Å². The van der Waals surface area contributed by atoms with Gasteiger partial charge in [-0.15, -0.1) is 0 Å². The summed E-state index contributed by atoms with van der Waals surface area (Å²) in [5, 5.41) is 23.7. The van der Waals surface area contributed by atoms with E-state index in [1.165, 1.54) is 109 Å². The monoisotopic (exact) mass is 507 g/mol. The quantitative estimate of drug-likeness (QED) is 0.0863. The van der Waals surface area contributed by atoms with Crippen LogP contribution in [0.15, 0.2) is 6.07 Å². The largest absolute Gasteiger partial charge is 0.494 e. The van der Waals surface area contributed by atoms with Gasteiger partial charge in [-0.1, -0.05) is 136 Å². The standard InChI is InChI=1S/C31H61N3O2/c1-4-7-10-13-16-19-22-25-32-34(27-24-21-18-15-12-9-6-3)29-28-30(35)33(31(29)36)26-23-20-17-14-11-8-5-2/h28,32,35-36H,4-27H2,1-3H3. The number of aromatic hydroxyl groups is 2. The molecule has 0 atom stereocenters. The molecular weight excluding hydrogens is 446 g/mol. The summed E-state index contributed by atoms with van der Waals surface area (Å²) >= 11 is 0. The molecule has 3 N–H and O–H groups in total. The van der Waals surface area contributed by atoms with Crippen molar-refractivity contribution in [3.63, 3.8) is 0 Å². The average molecular weight is 508 g/mol. The summed E-state index contributed by atoms with van der Waals surface area (Å²) in [4.78, 5) is 0. The normalized spacial score (nSPS) is 11.4. The van der Waals surface area contributed by atoms with Crippen molar-refractivity contribution in [3.8, 4) is 11.8 Å². The molecule has 0 unspecified atom stereocenters. The van der Waals surface area contributed by atoms with E-state index in [1.54, 1.807) is 10.6 Å². The molecule has 5 nitrogen and oxygen atoms in total. The van der Waals surface area contributed by atoms with Crippen molar-refractivity contribution in [1.29, 1.82) is 0 Å². The van der Waals surface area contributed by atoms with Gasteiger partial charge < -0.3 is 15.2 Å². The first kappa shape index (κ1) is 32.7. The number of anilines is 1. The van der Waals surface area contributed by atoms with Crippen LogP contribution in [0.4, 0.5) is 5.69 Å². The lowest BCUT2D eigenvalue weighted by Crippen LogP contribution is -2.39. The molecular formula is C31H61N3O2. The average Bonchev–Trinajstić information content (AvgIpc) is 3.16. The number of hydrogen-bond donors (Lipinski definition) is 3. The Hall–Kier alpha value is -1.36. The topological polar surface area (TPSA) is 60.7 Å². The Morgan fingerprint density at radius 2 is 1.06 bits per heavy atom. The van der Waals surface area contributed by atoms with E-state index in [2.05, 4.69) is 31.2 Å².